The van der Waals surface area contributed by atoms with Gasteiger partial charge in [-0.15, -0.1) is 24.8 Å². The molecule has 0 saturated heterocycles. The van der Waals surface area contributed by atoms with Crippen molar-refractivity contribution in [2.75, 3.05) is 18.5 Å². The van der Waals surface area contributed by atoms with Crippen LogP contribution in [-0.4, -0.2) is 29.0 Å². The molecule has 2 aromatic rings. The molecule has 1 amide bonds. The number of fused-ring (bicyclic) bond motifs is 1. The number of aromatic nitrogens is 2. The minimum atomic E-state index is -0.273. The summed E-state index contributed by atoms with van der Waals surface area (Å²) in [6, 6.07) is 5.61. The van der Waals surface area contributed by atoms with Crippen molar-refractivity contribution in [2.24, 2.45) is 0 Å². The van der Waals surface area contributed by atoms with Crippen LogP contribution >= 0.6 is 24.8 Å². The molecule has 0 aliphatic carbocycles. The molecule has 1 aliphatic rings. The number of aryl methyl sites for hydroxylation is 1. The smallest absolute Gasteiger partial charge is 0.275 e. The number of anilines is 1. The highest BCUT2D eigenvalue weighted by molar-refractivity contribution is 6.02. The van der Waals surface area contributed by atoms with E-state index in [4.69, 9.17) is 4.74 Å². The zero-order valence-electron chi connectivity index (χ0n) is 12.5. The van der Waals surface area contributed by atoms with Gasteiger partial charge in [0.25, 0.3) is 5.91 Å². The predicted molar refractivity (Wildman–Crippen MR) is 92.9 cm³/mol. The first-order valence-corrected chi connectivity index (χ1v) is 6.79. The van der Waals surface area contributed by atoms with Crippen LogP contribution in [0.5, 0.6) is 5.75 Å². The van der Waals surface area contributed by atoms with Crippen LogP contribution in [0.15, 0.2) is 30.6 Å². The molecule has 2 heterocycles. The highest BCUT2D eigenvalue weighted by atomic mass is 35.5. The minimum absolute atomic E-state index is 0. The lowest BCUT2D eigenvalue weighted by Gasteiger charge is -2.10. The first-order valence-electron chi connectivity index (χ1n) is 6.79. The van der Waals surface area contributed by atoms with E-state index >= 15 is 0 Å². The highest BCUT2D eigenvalue weighted by Gasteiger charge is 2.12. The molecule has 6 nitrogen and oxygen atoms in total. The molecule has 8 heteroatoms. The number of nitrogens with one attached hydrogen (secondary N) is 2. The van der Waals surface area contributed by atoms with Gasteiger partial charge in [0, 0.05) is 30.5 Å². The average Bonchev–Trinajstić information content (AvgIpc) is 2.72. The van der Waals surface area contributed by atoms with Gasteiger partial charge >= 0.3 is 0 Å². The van der Waals surface area contributed by atoms with Crippen molar-refractivity contribution in [3.63, 3.8) is 0 Å². The van der Waals surface area contributed by atoms with Crippen molar-refractivity contribution in [2.45, 2.75) is 13.5 Å². The normalized spacial score (nSPS) is 12.6. The average molecular weight is 357 g/mol. The highest BCUT2D eigenvalue weighted by Crippen LogP contribution is 2.24. The molecule has 0 atom stereocenters. The van der Waals surface area contributed by atoms with Crippen LogP contribution in [0, 0.1) is 6.92 Å². The molecular formula is C15H18Cl2N4O2. The standard InChI is InChI=1S/C15H16N4O2.2ClH/c1-10-7-18-13(9-17-10)15(20)19-12-2-3-14-11(6-12)8-16-4-5-21-14;;/h2-3,6-7,9,16H,4-5,8H2,1H3,(H,19,20);2*1H. The molecule has 0 spiro atoms. The monoisotopic (exact) mass is 356 g/mol. The summed E-state index contributed by atoms with van der Waals surface area (Å²) >= 11 is 0. The summed E-state index contributed by atoms with van der Waals surface area (Å²) in [5.74, 6) is 0.582. The molecule has 1 aliphatic heterocycles. The summed E-state index contributed by atoms with van der Waals surface area (Å²) in [5.41, 5.74) is 2.82. The lowest BCUT2D eigenvalue weighted by atomic mass is 10.1. The number of carbonyl (C=O) groups excluding carboxylic acids is 1. The number of hydrogen-bond donors (Lipinski definition) is 2. The Bertz CT molecular complexity index is 665. The zero-order valence-corrected chi connectivity index (χ0v) is 14.2. The Morgan fingerprint density at radius 2 is 2.09 bits per heavy atom. The molecule has 124 valence electrons. The first-order chi connectivity index (χ1) is 10.2. The number of hydrogen-bond acceptors (Lipinski definition) is 5. The number of ether oxygens (including phenoxy) is 1. The summed E-state index contributed by atoms with van der Waals surface area (Å²) < 4.78 is 5.61. The fourth-order valence-electron chi connectivity index (χ4n) is 2.10. The topological polar surface area (TPSA) is 76.1 Å². The third-order valence-corrected chi connectivity index (χ3v) is 3.18. The van der Waals surface area contributed by atoms with Gasteiger partial charge in [0.1, 0.15) is 18.1 Å². The zero-order chi connectivity index (χ0) is 14.7. The molecule has 1 aromatic carbocycles. The van der Waals surface area contributed by atoms with Crippen LogP contribution in [0.1, 0.15) is 21.7 Å². The summed E-state index contributed by atoms with van der Waals surface area (Å²) in [4.78, 5) is 20.2. The Kier molecular flexibility index (Phi) is 7.22. The van der Waals surface area contributed by atoms with Gasteiger partial charge in [-0.2, -0.15) is 0 Å². The Morgan fingerprint density at radius 1 is 1.26 bits per heavy atom. The second kappa shape index (κ2) is 8.67. The number of rotatable bonds is 2. The Morgan fingerprint density at radius 3 is 2.83 bits per heavy atom. The predicted octanol–water partition coefficient (Wildman–Crippen LogP) is 2.36. The summed E-state index contributed by atoms with van der Waals surface area (Å²) in [7, 11) is 0. The molecule has 2 N–H and O–H groups in total. The molecule has 0 fully saturated rings. The second-order valence-corrected chi connectivity index (χ2v) is 4.84. The Labute approximate surface area is 146 Å². The third kappa shape index (κ3) is 4.79. The van der Waals surface area contributed by atoms with Gasteiger partial charge in [-0.05, 0) is 25.1 Å². The van der Waals surface area contributed by atoms with E-state index < -0.39 is 0 Å². The van der Waals surface area contributed by atoms with Gasteiger partial charge in [0.05, 0.1) is 11.9 Å². The maximum Gasteiger partial charge on any atom is 0.275 e. The van der Waals surface area contributed by atoms with Crippen molar-refractivity contribution >= 4 is 36.4 Å². The van der Waals surface area contributed by atoms with Crippen molar-refractivity contribution in [1.29, 1.82) is 0 Å². The number of carbonyl (C=O) groups is 1. The largest absolute Gasteiger partial charge is 0.492 e. The molecule has 1 aromatic heterocycles. The van der Waals surface area contributed by atoms with Crippen LogP contribution in [0.2, 0.25) is 0 Å². The molecular weight excluding hydrogens is 339 g/mol. The number of benzene rings is 1. The van der Waals surface area contributed by atoms with Gasteiger partial charge in [0.15, 0.2) is 0 Å². The van der Waals surface area contributed by atoms with E-state index in [0.29, 0.717) is 18.0 Å². The quantitative estimate of drug-likeness (QED) is 0.863. The van der Waals surface area contributed by atoms with Crippen LogP contribution in [-0.2, 0) is 6.54 Å². The molecule has 23 heavy (non-hydrogen) atoms. The molecule has 0 saturated carbocycles. The van der Waals surface area contributed by atoms with E-state index in [1.165, 1.54) is 6.20 Å². The lowest BCUT2D eigenvalue weighted by molar-refractivity contribution is 0.102. The summed E-state index contributed by atoms with van der Waals surface area (Å²) in [6.07, 6.45) is 3.04. The number of amides is 1. The number of halogens is 2. The van der Waals surface area contributed by atoms with E-state index in [2.05, 4.69) is 20.6 Å². The first kappa shape index (κ1) is 19.2. The third-order valence-electron chi connectivity index (χ3n) is 3.18. The van der Waals surface area contributed by atoms with Crippen molar-refractivity contribution in [3.05, 3.63) is 47.5 Å². The van der Waals surface area contributed by atoms with Crippen LogP contribution < -0.4 is 15.4 Å². The fraction of sp³-hybridized carbons (Fsp3) is 0.267. The Balaban J connectivity index is 0.00000132. The van der Waals surface area contributed by atoms with Crippen molar-refractivity contribution < 1.29 is 9.53 Å². The molecule has 3 rings (SSSR count). The van der Waals surface area contributed by atoms with Gasteiger partial charge in [0.2, 0.25) is 0 Å². The summed E-state index contributed by atoms with van der Waals surface area (Å²) in [6.45, 7) is 4.02. The van der Waals surface area contributed by atoms with E-state index in [1.54, 1.807) is 6.20 Å². The number of nitrogens with zero attached hydrogens (tertiary/aromatic N) is 2. The van der Waals surface area contributed by atoms with Crippen LogP contribution in [0.25, 0.3) is 0 Å². The second-order valence-electron chi connectivity index (χ2n) is 4.84. The molecule has 0 unspecified atom stereocenters. The van der Waals surface area contributed by atoms with Crippen molar-refractivity contribution in [3.8, 4) is 5.75 Å². The minimum Gasteiger partial charge on any atom is -0.492 e. The SMILES string of the molecule is Cc1cnc(C(=O)Nc2ccc3c(c2)CNCCO3)cn1.Cl.Cl. The van der Waals surface area contributed by atoms with Gasteiger partial charge in [-0.25, -0.2) is 4.98 Å². The van der Waals surface area contributed by atoms with Gasteiger partial charge in [-0.1, -0.05) is 0 Å². The van der Waals surface area contributed by atoms with E-state index in [1.807, 2.05) is 25.1 Å². The lowest BCUT2D eigenvalue weighted by Crippen LogP contribution is -2.16. The maximum absolute atomic E-state index is 12.1. The van der Waals surface area contributed by atoms with Gasteiger partial charge in [-0.3, -0.25) is 9.78 Å². The molecule has 0 radical (unpaired) electrons. The summed E-state index contributed by atoms with van der Waals surface area (Å²) in [5, 5.41) is 6.09. The van der Waals surface area contributed by atoms with Crippen LogP contribution in [0.3, 0.4) is 0 Å². The fourth-order valence-corrected chi connectivity index (χ4v) is 2.10. The van der Waals surface area contributed by atoms with Crippen LogP contribution in [0.4, 0.5) is 5.69 Å². The van der Waals surface area contributed by atoms with Crippen molar-refractivity contribution in [1.82, 2.24) is 15.3 Å². The molecule has 0 bridgehead atoms. The van der Waals surface area contributed by atoms with E-state index in [-0.39, 0.29) is 30.7 Å². The van der Waals surface area contributed by atoms with Gasteiger partial charge < -0.3 is 15.4 Å². The maximum atomic E-state index is 12.1. The van der Waals surface area contributed by atoms with E-state index in [9.17, 15) is 4.79 Å². The van der Waals surface area contributed by atoms with E-state index in [0.717, 1.165) is 30.1 Å². The Hall–Kier alpha value is -1.89.